The van der Waals surface area contributed by atoms with Crippen LogP contribution in [0.3, 0.4) is 0 Å². The van der Waals surface area contributed by atoms with E-state index in [1.165, 1.54) is 13.4 Å². The van der Waals surface area contributed by atoms with Crippen molar-refractivity contribution in [1.82, 2.24) is 9.78 Å². The number of methoxy groups -OCH3 is 1. The first-order valence-corrected chi connectivity index (χ1v) is 7.32. The molecule has 0 saturated carbocycles. The first-order chi connectivity index (χ1) is 7.82. The molecule has 0 radical (unpaired) electrons. The molecule has 0 aliphatic heterocycles. The standard InChI is InChI=1S/C10H19N3O3S/c1-5-13-10(8(16-3)6-12-13)9(11)7(2)17(4,14)15/h6-7,9H,5,11H2,1-4H3. The Balaban J connectivity index is 3.19. The third kappa shape index (κ3) is 2.78. The van der Waals surface area contributed by atoms with E-state index in [1.54, 1.807) is 17.8 Å². The number of aryl methyl sites for hydroxylation is 1. The molecule has 7 heteroatoms. The molecule has 2 unspecified atom stereocenters. The summed E-state index contributed by atoms with van der Waals surface area (Å²) in [7, 11) is -1.69. The third-order valence-electron chi connectivity index (χ3n) is 2.86. The van der Waals surface area contributed by atoms with Crippen LogP contribution < -0.4 is 10.5 Å². The lowest BCUT2D eigenvalue weighted by atomic mass is 10.1. The second-order valence-electron chi connectivity index (χ2n) is 3.97. The van der Waals surface area contributed by atoms with Crippen molar-refractivity contribution < 1.29 is 13.2 Å². The molecule has 0 bridgehead atoms. The zero-order valence-electron chi connectivity index (χ0n) is 10.5. The molecule has 1 aromatic rings. The summed E-state index contributed by atoms with van der Waals surface area (Å²) < 4.78 is 29.8. The van der Waals surface area contributed by atoms with E-state index in [-0.39, 0.29) is 0 Å². The van der Waals surface area contributed by atoms with Crippen LogP contribution in [0, 0.1) is 0 Å². The predicted octanol–water partition coefficient (Wildman–Crippen LogP) is 0.345. The van der Waals surface area contributed by atoms with E-state index in [1.807, 2.05) is 6.92 Å². The lowest BCUT2D eigenvalue weighted by Crippen LogP contribution is -2.32. The molecule has 98 valence electrons. The lowest BCUT2D eigenvalue weighted by Gasteiger charge is -2.20. The SMILES string of the molecule is CCn1ncc(OC)c1C(N)C(C)S(C)(=O)=O. The quantitative estimate of drug-likeness (QED) is 0.826. The van der Waals surface area contributed by atoms with Crippen molar-refractivity contribution in [3.8, 4) is 5.75 Å². The Kier molecular flexibility index (Phi) is 4.16. The molecule has 1 aromatic heterocycles. The molecular formula is C10H19N3O3S. The summed E-state index contributed by atoms with van der Waals surface area (Å²) in [6, 6.07) is -0.651. The van der Waals surface area contributed by atoms with Crippen LogP contribution >= 0.6 is 0 Å². The number of rotatable bonds is 5. The minimum absolute atomic E-state index is 0.523. The number of aromatic nitrogens is 2. The Hall–Kier alpha value is -1.08. The smallest absolute Gasteiger partial charge is 0.161 e. The average molecular weight is 261 g/mol. The van der Waals surface area contributed by atoms with Crippen LogP contribution in [0.4, 0.5) is 0 Å². The van der Waals surface area contributed by atoms with Crippen molar-refractivity contribution in [2.75, 3.05) is 13.4 Å². The molecule has 0 fully saturated rings. The summed E-state index contributed by atoms with van der Waals surface area (Å²) >= 11 is 0. The van der Waals surface area contributed by atoms with E-state index < -0.39 is 21.1 Å². The monoisotopic (exact) mass is 261 g/mol. The van der Waals surface area contributed by atoms with Crippen LogP contribution in [0.5, 0.6) is 5.75 Å². The van der Waals surface area contributed by atoms with Gasteiger partial charge in [0.25, 0.3) is 0 Å². The molecule has 6 nitrogen and oxygen atoms in total. The van der Waals surface area contributed by atoms with Gasteiger partial charge >= 0.3 is 0 Å². The Bertz CT molecular complexity index is 459. The molecule has 0 aliphatic rings. The molecule has 0 aromatic carbocycles. The Morgan fingerprint density at radius 3 is 2.59 bits per heavy atom. The molecular weight excluding hydrogens is 242 g/mol. The number of nitrogens with two attached hydrogens (primary N) is 1. The maximum atomic E-state index is 11.5. The zero-order valence-corrected chi connectivity index (χ0v) is 11.4. The minimum atomic E-state index is -3.20. The topological polar surface area (TPSA) is 87.2 Å². The van der Waals surface area contributed by atoms with Crippen LogP contribution in [-0.4, -0.2) is 36.8 Å². The fourth-order valence-corrected chi connectivity index (χ4v) is 2.27. The number of sulfone groups is 1. The fraction of sp³-hybridized carbons (Fsp3) is 0.700. The van der Waals surface area contributed by atoms with Gasteiger partial charge in [0.05, 0.1) is 30.3 Å². The second-order valence-corrected chi connectivity index (χ2v) is 6.38. The van der Waals surface area contributed by atoms with E-state index in [9.17, 15) is 8.42 Å². The third-order valence-corrected chi connectivity index (χ3v) is 4.51. The van der Waals surface area contributed by atoms with Gasteiger partial charge in [-0.25, -0.2) is 8.42 Å². The highest BCUT2D eigenvalue weighted by Gasteiger charge is 2.29. The van der Waals surface area contributed by atoms with E-state index in [4.69, 9.17) is 10.5 Å². The highest BCUT2D eigenvalue weighted by molar-refractivity contribution is 7.91. The highest BCUT2D eigenvalue weighted by atomic mass is 32.2. The summed E-state index contributed by atoms with van der Waals surface area (Å²) in [6.45, 7) is 4.11. The van der Waals surface area contributed by atoms with Crippen LogP contribution in [0.1, 0.15) is 25.6 Å². The van der Waals surface area contributed by atoms with Gasteiger partial charge in [-0.15, -0.1) is 0 Å². The summed E-state index contributed by atoms with van der Waals surface area (Å²) in [5, 5.41) is 3.43. The number of hydrogen-bond donors (Lipinski definition) is 1. The van der Waals surface area contributed by atoms with Crippen molar-refractivity contribution in [2.45, 2.75) is 31.7 Å². The van der Waals surface area contributed by atoms with E-state index in [0.717, 1.165) is 0 Å². The number of hydrogen-bond acceptors (Lipinski definition) is 5. The van der Waals surface area contributed by atoms with Gasteiger partial charge in [-0.05, 0) is 13.8 Å². The van der Waals surface area contributed by atoms with Crippen LogP contribution in [0.2, 0.25) is 0 Å². The zero-order chi connectivity index (χ0) is 13.2. The van der Waals surface area contributed by atoms with Gasteiger partial charge in [-0.3, -0.25) is 4.68 Å². The van der Waals surface area contributed by atoms with Crippen LogP contribution in [0.15, 0.2) is 6.20 Å². The molecule has 1 rings (SSSR count). The van der Waals surface area contributed by atoms with Crippen molar-refractivity contribution in [3.63, 3.8) is 0 Å². The number of nitrogens with zero attached hydrogens (tertiary/aromatic N) is 2. The highest BCUT2D eigenvalue weighted by Crippen LogP contribution is 2.27. The minimum Gasteiger partial charge on any atom is -0.493 e. The molecule has 0 spiro atoms. The normalized spacial score (nSPS) is 15.6. The second kappa shape index (κ2) is 5.05. The maximum Gasteiger partial charge on any atom is 0.161 e. The lowest BCUT2D eigenvalue weighted by molar-refractivity contribution is 0.400. The van der Waals surface area contributed by atoms with Gasteiger partial charge in [-0.1, -0.05) is 0 Å². The van der Waals surface area contributed by atoms with Gasteiger partial charge in [0.2, 0.25) is 0 Å². The van der Waals surface area contributed by atoms with Gasteiger partial charge in [0.1, 0.15) is 0 Å². The summed E-state index contributed by atoms with van der Waals surface area (Å²) in [5.74, 6) is 0.523. The van der Waals surface area contributed by atoms with Gasteiger partial charge in [0, 0.05) is 12.8 Å². The summed E-state index contributed by atoms with van der Waals surface area (Å²) in [6.07, 6.45) is 2.73. The van der Waals surface area contributed by atoms with E-state index >= 15 is 0 Å². The first kappa shape index (κ1) is 14.0. The van der Waals surface area contributed by atoms with Crippen molar-refractivity contribution >= 4 is 9.84 Å². The van der Waals surface area contributed by atoms with Crippen LogP contribution in [0.25, 0.3) is 0 Å². The Labute approximate surface area is 102 Å². The predicted molar refractivity (Wildman–Crippen MR) is 65.7 cm³/mol. The Morgan fingerprint density at radius 2 is 2.18 bits per heavy atom. The molecule has 2 atom stereocenters. The molecule has 2 N–H and O–H groups in total. The fourth-order valence-electron chi connectivity index (χ4n) is 1.61. The van der Waals surface area contributed by atoms with Crippen molar-refractivity contribution in [3.05, 3.63) is 11.9 Å². The largest absolute Gasteiger partial charge is 0.493 e. The van der Waals surface area contributed by atoms with E-state index in [0.29, 0.717) is 18.0 Å². The molecule has 0 amide bonds. The average Bonchev–Trinajstić information content (AvgIpc) is 2.68. The van der Waals surface area contributed by atoms with Gasteiger partial charge in [-0.2, -0.15) is 5.10 Å². The molecule has 17 heavy (non-hydrogen) atoms. The number of ether oxygens (including phenoxy) is 1. The first-order valence-electron chi connectivity index (χ1n) is 5.37. The maximum absolute atomic E-state index is 11.5. The summed E-state index contributed by atoms with van der Waals surface area (Å²) in [4.78, 5) is 0. The molecule has 1 heterocycles. The van der Waals surface area contributed by atoms with Crippen molar-refractivity contribution in [1.29, 1.82) is 0 Å². The van der Waals surface area contributed by atoms with E-state index in [2.05, 4.69) is 5.10 Å². The van der Waals surface area contributed by atoms with Crippen LogP contribution in [-0.2, 0) is 16.4 Å². The van der Waals surface area contributed by atoms with Gasteiger partial charge < -0.3 is 10.5 Å². The summed E-state index contributed by atoms with van der Waals surface area (Å²) in [5.41, 5.74) is 6.62. The van der Waals surface area contributed by atoms with Crippen molar-refractivity contribution in [2.24, 2.45) is 5.73 Å². The van der Waals surface area contributed by atoms with Gasteiger partial charge in [0.15, 0.2) is 15.6 Å². The molecule has 0 aliphatic carbocycles. The Morgan fingerprint density at radius 1 is 1.59 bits per heavy atom. The molecule has 0 saturated heterocycles.